The van der Waals surface area contributed by atoms with Gasteiger partial charge in [0.25, 0.3) is 5.91 Å². The summed E-state index contributed by atoms with van der Waals surface area (Å²) in [4.78, 5) is 12.2. The first kappa shape index (κ1) is 18.7. The Bertz CT molecular complexity index is 1020. The Labute approximate surface area is 165 Å². The highest BCUT2D eigenvalue weighted by molar-refractivity contribution is 6.35. The van der Waals surface area contributed by atoms with Gasteiger partial charge in [-0.15, -0.1) is 0 Å². The highest BCUT2D eigenvalue weighted by Crippen LogP contribution is 2.31. The Morgan fingerprint density at radius 1 is 1.15 bits per heavy atom. The first-order valence-electron chi connectivity index (χ1n) is 7.91. The number of carbonyl (C=O) groups excluding carboxylic acids is 1. The van der Waals surface area contributed by atoms with E-state index in [0.29, 0.717) is 32.7 Å². The first-order chi connectivity index (χ1) is 13.1. The molecule has 1 N–H and O–H groups in total. The van der Waals surface area contributed by atoms with Crippen molar-refractivity contribution in [2.24, 2.45) is 5.10 Å². The van der Waals surface area contributed by atoms with Crippen molar-refractivity contribution in [1.29, 1.82) is 5.26 Å². The Balaban J connectivity index is 1.69. The molecule has 27 heavy (non-hydrogen) atoms. The summed E-state index contributed by atoms with van der Waals surface area (Å²) < 4.78 is 5.65. The standard InChI is InChI=1S/C20H13Cl2N3O2/c21-14-6-8-18(22)16(10-14)19-9-7-15(27-19)12-24-25-20(26)17(11-23)13-4-2-1-3-5-13/h1-10,12,17H,(H,25,26)/b24-12-/t17-/m1/s1. The molecule has 0 saturated heterocycles. The van der Waals surface area contributed by atoms with Crippen LogP contribution < -0.4 is 5.43 Å². The molecular weight excluding hydrogens is 385 g/mol. The SMILES string of the molecule is N#C[C@@H](C(=O)N/N=C\c1ccc(-c2cc(Cl)ccc2Cl)o1)c1ccccc1. The number of hydrogen-bond donors (Lipinski definition) is 1. The predicted molar refractivity (Wildman–Crippen MR) is 105 cm³/mol. The highest BCUT2D eigenvalue weighted by Gasteiger charge is 2.19. The maximum Gasteiger partial charge on any atom is 0.261 e. The van der Waals surface area contributed by atoms with Crippen LogP contribution in [0.15, 0.2) is 70.2 Å². The molecule has 0 fully saturated rings. The zero-order chi connectivity index (χ0) is 19.2. The molecule has 1 heterocycles. The van der Waals surface area contributed by atoms with Crippen molar-refractivity contribution in [3.63, 3.8) is 0 Å². The van der Waals surface area contributed by atoms with Crippen molar-refractivity contribution in [2.75, 3.05) is 0 Å². The van der Waals surface area contributed by atoms with Crippen LogP contribution >= 0.6 is 23.2 Å². The molecule has 0 aliphatic rings. The average Bonchev–Trinajstić information content (AvgIpc) is 3.14. The van der Waals surface area contributed by atoms with E-state index in [0.717, 1.165) is 0 Å². The summed E-state index contributed by atoms with van der Waals surface area (Å²) in [6, 6.07) is 19.2. The van der Waals surface area contributed by atoms with E-state index >= 15 is 0 Å². The van der Waals surface area contributed by atoms with Crippen LogP contribution in [0.5, 0.6) is 0 Å². The molecule has 5 nitrogen and oxygen atoms in total. The molecule has 2 aromatic carbocycles. The third-order valence-corrected chi connectivity index (χ3v) is 4.28. The molecule has 0 aliphatic carbocycles. The van der Waals surface area contributed by atoms with Crippen LogP contribution in [0.4, 0.5) is 0 Å². The van der Waals surface area contributed by atoms with Gasteiger partial charge in [0.1, 0.15) is 11.5 Å². The topological polar surface area (TPSA) is 78.4 Å². The van der Waals surface area contributed by atoms with Crippen LogP contribution in [0.25, 0.3) is 11.3 Å². The van der Waals surface area contributed by atoms with E-state index in [1.807, 2.05) is 12.1 Å². The van der Waals surface area contributed by atoms with Crippen molar-refractivity contribution in [1.82, 2.24) is 5.43 Å². The molecule has 0 aliphatic heterocycles. The monoisotopic (exact) mass is 397 g/mol. The summed E-state index contributed by atoms with van der Waals surface area (Å²) in [7, 11) is 0. The average molecular weight is 398 g/mol. The van der Waals surface area contributed by atoms with E-state index < -0.39 is 11.8 Å². The Morgan fingerprint density at radius 3 is 2.67 bits per heavy atom. The minimum Gasteiger partial charge on any atom is -0.455 e. The summed E-state index contributed by atoms with van der Waals surface area (Å²) in [6.07, 6.45) is 1.35. The van der Waals surface area contributed by atoms with Gasteiger partial charge in [-0.05, 0) is 35.9 Å². The van der Waals surface area contributed by atoms with Crippen LogP contribution in [0.2, 0.25) is 10.0 Å². The summed E-state index contributed by atoms with van der Waals surface area (Å²) in [6.45, 7) is 0. The smallest absolute Gasteiger partial charge is 0.261 e. The number of nitriles is 1. The third kappa shape index (κ3) is 4.56. The summed E-state index contributed by atoms with van der Waals surface area (Å²) in [5, 5.41) is 14.1. The molecule has 1 aromatic heterocycles. The molecule has 0 bridgehead atoms. The maximum absolute atomic E-state index is 12.2. The lowest BCUT2D eigenvalue weighted by Gasteiger charge is -2.06. The molecular formula is C20H13Cl2N3O2. The van der Waals surface area contributed by atoms with Crippen LogP contribution in [0, 0.1) is 11.3 Å². The Hall–Kier alpha value is -3.07. The Morgan fingerprint density at radius 2 is 1.93 bits per heavy atom. The number of rotatable bonds is 5. The zero-order valence-corrected chi connectivity index (χ0v) is 15.4. The number of amides is 1. The second-order valence-electron chi connectivity index (χ2n) is 5.53. The van der Waals surface area contributed by atoms with Gasteiger partial charge in [-0.25, -0.2) is 5.43 Å². The van der Waals surface area contributed by atoms with Crippen molar-refractivity contribution in [3.05, 3.63) is 82.0 Å². The second-order valence-corrected chi connectivity index (χ2v) is 6.38. The fourth-order valence-electron chi connectivity index (χ4n) is 2.41. The van der Waals surface area contributed by atoms with E-state index in [-0.39, 0.29) is 0 Å². The molecule has 3 rings (SSSR count). The lowest BCUT2D eigenvalue weighted by molar-refractivity contribution is -0.121. The number of hydrazone groups is 1. The van der Waals surface area contributed by atoms with E-state index in [1.165, 1.54) is 6.21 Å². The fraction of sp³-hybridized carbons (Fsp3) is 0.0500. The fourth-order valence-corrected chi connectivity index (χ4v) is 2.79. The van der Waals surface area contributed by atoms with Gasteiger partial charge in [0.05, 0.1) is 17.3 Å². The number of nitrogens with one attached hydrogen (secondary N) is 1. The van der Waals surface area contributed by atoms with Crippen LogP contribution in [-0.2, 0) is 4.79 Å². The van der Waals surface area contributed by atoms with Crippen LogP contribution in [-0.4, -0.2) is 12.1 Å². The number of benzene rings is 2. The zero-order valence-electron chi connectivity index (χ0n) is 13.9. The largest absolute Gasteiger partial charge is 0.455 e. The molecule has 0 radical (unpaired) electrons. The quantitative estimate of drug-likeness (QED) is 0.485. The van der Waals surface area contributed by atoms with E-state index in [1.54, 1.807) is 54.6 Å². The van der Waals surface area contributed by atoms with E-state index in [9.17, 15) is 10.1 Å². The van der Waals surface area contributed by atoms with Crippen molar-refractivity contribution in [2.45, 2.75) is 5.92 Å². The third-order valence-electron chi connectivity index (χ3n) is 3.71. The lowest BCUT2D eigenvalue weighted by atomic mass is 10.0. The normalized spacial score (nSPS) is 11.9. The molecule has 0 saturated carbocycles. The molecule has 134 valence electrons. The van der Waals surface area contributed by atoms with Gasteiger partial charge in [-0.1, -0.05) is 53.5 Å². The number of carbonyl (C=O) groups is 1. The first-order valence-corrected chi connectivity index (χ1v) is 8.67. The summed E-state index contributed by atoms with van der Waals surface area (Å²) in [5.41, 5.74) is 3.61. The molecule has 0 spiro atoms. The lowest BCUT2D eigenvalue weighted by Crippen LogP contribution is -2.24. The van der Waals surface area contributed by atoms with Gasteiger partial charge in [0, 0.05) is 10.6 Å². The molecule has 0 unspecified atom stereocenters. The Kier molecular flexibility index (Phi) is 5.92. The van der Waals surface area contributed by atoms with Crippen LogP contribution in [0.1, 0.15) is 17.2 Å². The van der Waals surface area contributed by atoms with Gasteiger partial charge in [0.15, 0.2) is 5.92 Å². The van der Waals surface area contributed by atoms with E-state index in [4.69, 9.17) is 27.6 Å². The molecule has 1 amide bonds. The van der Waals surface area contributed by atoms with Crippen LogP contribution in [0.3, 0.4) is 0 Å². The molecule has 1 atom stereocenters. The molecule has 7 heteroatoms. The van der Waals surface area contributed by atoms with Crippen molar-refractivity contribution < 1.29 is 9.21 Å². The minimum atomic E-state index is -0.944. The number of nitrogens with zero attached hydrogens (tertiary/aromatic N) is 2. The van der Waals surface area contributed by atoms with Gasteiger partial charge < -0.3 is 4.42 Å². The molecule has 3 aromatic rings. The van der Waals surface area contributed by atoms with Gasteiger partial charge in [0.2, 0.25) is 0 Å². The van der Waals surface area contributed by atoms with Gasteiger partial charge >= 0.3 is 0 Å². The maximum atomic E-state index is 12.2. The minimum absolute atomic E-state index is 0.412. The highest BCUT2D eigenvalue weighted by atomic mass is 35.5. The van der Waals surface area contributed by atoms with Crippen molar-refractivity contribution >= 4 is 35.3 Å². The number of halogens is 2. The summed E-state index contributed by atoms with van der Waals surface area (Å²) >= 11 is 12.1. The predicted octanol–water partition coefficient (Wildman–Crippen LogP) is 5.01. The second kappa shape index (κ2) is 8.54. The number of hydrogen-bond acceptors (Lipinski definition) is 4. The van der Waals surface area contributed by atoms with Crippen molar-refractivity contribution in [3.8, 4) is 17.4 Å². The van der Waals surface area contributed by atoms with Gasteiger partial charge in [-0.3, -0.25) is 4.79 Å². The van der Waals surface area contributed by atoms with Gasteiger partial charge in [-0.2, -0.15) is 10.4 Å². The number of furan rings is 1. The van der Waals surface area contributed by atoms with E-state index in [2.05, 4.69) is 10.5 Å². The summed E-state index contributed by atoms with van der Waals surface area (Å²) in [5.74, 6) is -0.533.